The van der Waals surface area contributed by atoms with Crippen molar-refractivity contribution in [3.63, 3.8) is 0 Å². The van der Waals surface area contributed by atoms with Crippen LogP contribution in [0.25, 0.3) is 0 Å². The number of carbonyl (C=O) groups is 1. The third-order valence-corrected chi connectivity index (χ3v) is 5.97. The number of amides is 1. The molecule has 0 bridgehead atoms. The van der Waals surface area contributed by atoms with Gasteiger partial charge in [0.1, 0.15) is 0 Å². The van der Waals surface area contributed by atoms with Gasteiger partial charge in [-0.2, -0.15) is 5.10 Å². The minimum Gasteiger partial charge on any atom is -0.273 e. The summed E-state index contributed by atoms with van der Waals surface area (Å²) in [6.45, 7) is 0. The number of hydrogen-bond acceptors (Lipinski definition) is 6. The summed E-state index contributed by atoms with van der Waals surface area (Å²) >= 11 is 9.03. The fourth-order valence-electron chi connectivity index (χ4n) is 2.30. The number of halogens is 1. The van der Waals surface area contributed by atoms with Crippen LogP contribution in [0, 0.1) is 10.1 Å². The largest absolute Gasteiger partial charge is 0.273 e. The molecule has 142 valence electrons. The van der Waals surface area contributed by atoms with Crippen LogP contribution >= 0.6 is 34.7 Å². The molecule has 2 aromatic carbocycles. The monoisotopic (exact) mass is 431 g/mol. The molecule has 0 aliphatic carbocycles. The first-order valence-electron chi connectivity index (χ1n) is 8.09. The Balaban J connectivity index is 1.55. The summed E-state index contributed by atoms with van der Waals surface area (Å²) < 4.78 is 1.08. The van der Waals surface area contributed by atoms with Crippen LogP contribution in [0.15, 0.2) is 74.9 Å². The second-order valence-corrected chi connectivity index (χ2v) is 8.49. The minimum absolute atomic E-state index is 0.0799. The molecule has 0 saturated carbocycles. The number of rotatable bonds is 7. The number of para-hydroxylation sites is 1. The third kappa shape index (κ3) is 5.66. The summed E-state index contributed by atoms with van der Waals surface area (Å²) in [7, 11) is 0. The molecule has 0 atom stereocenters. The Morgan fingerprint density at radius 2 is 1.93 bits per heavy atom. The number of hydrogen-bond donors (Lipinski definition) is 1. The zero-order chi connectivity index (χ0) is 19.9. The molecule has 3 rings (SSSR count). The molecule has 0 saturated heterocycles. The summed E-state index contributed by atoms with van der Waals surface area (Å²) in [6, 6.07) is 17.6. The van der Waals surface area contributed by atoms with Crippen molar-refractivity contribution in [2.45, 2.75) is 15.5 Å². The molecular weight excluding hydrogens is 418 g/mol. The Morgan fingerprint density at radius 1 is 1.18 bits per heavy atom. The standard InChI is InChI=1S/C19H14ClN3O3S2/c20-14-5-7-15(8-6-14)27-19-10-9-16(28-19)12-21-22-18(24)11-13-3-1-2-4-17(13)23(25)26/h1-10,12H,11H2,(H,22,24). The second kappa shape index (κ2) is 9.50. The van der Waals surface area contributed by atoms with Crippen LogP contribution in [0.2, 0.25) is 5.02 Å². The van der Waals surface area contributed by atoms with Crippen molar-refractivity contribution < 1.29 is 9.72 Å². The molecule has 0 aliphatic heterocycles. The number of carbonyl (C=O) groups excluding carboxylic acids is 1. The summed E-state index contributed by atoms with van der Waals surface area (Å²) in [5, 5.41) is 15.6. The van der Waals surface area contributed by atoms with Crippen molar-refractivity contribution in [2.75, 3.05) is 0 Å². The SMILES string of the molecule is O=C(Cc1ccccc1[N+](=O)[O-])NN=Cc1ccc(Sc2ccc(Cl)cc2)s1. The summed E-state index contributed by atoms with van der Waals surface area (Å²) in [4.78, 5) is 24.4. The average Bonchev–Trinajstić information content (AvgIpc) is 3.11. The molecule has 0 spiro atoms. The number of thiophene rings is 1. The van der Waals surface area contributed by atoms with Gasteiger partial charge in [0.25, 0.3) is 5.69 Å². The van der Waals surface area contributed by atoms with Gasteiger partial charge in [0.15, 0.2) is 0 Å². The van der Waals surface area contributed by atoms with Gasteiger partial charge in [-0.3, -0.25) is 14.9 Å². The van der Waals surface area contributed by atoms with E-state index in [0.29, 0.717) is 10.6 Å². The molecule has 0 radical (unpaired) electrons. The van der Waals surface area contributed by atoms with Crippen LogP contribution in [-0.4, -0.2) is 17.0 Å². The van der Waals surface area contributed by atoms with Gasteiger partial charge in [-0.05, 0) is 36.4 Å². The number of hydrazone groups is 1. The van der Waals surface area contributed by atoms with E-state index in [-0.39, 0.29) is 12.1 Å². The molecule has 1 heterocycles. The Kier molecular flexibility index (Phi) is 6.80. The first-order valence-corrected chi connectivity index (χ1v) is 10.1. The highest BCUT2D eigenvalue weighted by Crippen LogP contribution is 2.33. The number of nitro groups is 1. The highest BCUT2D eigenvalue weighted by molar-refractivity contribution is 8.01. The van der Waals surface area contributed by atoms with Crippen LogP contribution in [0.3, 0.4) is 0 Å². The van der Waals surface area contributed by atoms with Crippen molar-refractivity contribution in [3.05, 3.63) is 86.2 Å². The van der Waals surface area contributed by atoms with Crippen LogP contribution in [0.5, 0.6) is 0 Å². The third-order valence-electron chi connectivity index (χ3n) is 3.55. The van der Waals surface area contributed by atoms with Crippen molar-refractivity contribution in [1.82, 2.24) is 5.43 Å². The number of nitro benzene ring substituents is 1. The van der Waals surface area contributed by atoms with E-state index in [9.17, 15) is 14.9 Å². The van der Waals surface area contributed by atoms with Crippen LogP contribution in [-0.2, 0) is 11.2 Å². The van der Waals surface area contributed by atoms with Crippen LogP contribution in [0.1, 0.15) is 10.4 Å². The Hall–Kier alpha value is -2.68. The maximum Gasteiger partial charge on any atom is 0.273 e. The molecule has 3 aromatic rings. The summed E-state index contributed by atoms with van der Waals surface area (Å²) in [6.07, 6.45) is 1.44. The lowest BCUT2D eigenvalue weighted by atomic mass is 10.1. The average molecular weight is 432 g/mol. The fraction of sp³-hybridized carbons (Fsp3) is 0.0526. The normalized spacial score (nSPS) is 10.9. The van der Waals surface area contributed by atoms with Gasteiger partial charge in [0, 0.05) is 26.4 Å². The number of nitrogens with zero attached hydrogens (tertiary/aromatic N) is 2. The van der Waals surface area contributed by atoms with E-state index < -0.39 is 10.8 Å². The zero-order valence-corrected chi connectivity index (χ0v) is 16.8. The minimum atomic E-state index is -0.503. The first-order chi connectivity index (χ1) is 13.5. The topological polar surface area (TPSA) is 84.6 Å². The number of benzene rings is 2. The van der Waals surface area contributed by atoms with E-state index in [1.54, 1.807) is 36.2 Å². The molecule has 6 nitrogen and oxygen atoms in total. The van der Waals surface area contributed by atoms with E-state index in [2.05, 4.69) is 10.5 Å². The molecular formula is C19H14ClN3O3S2. The molecule has 28 heavy (non-hydrogen) atoms. The second-order valence-electron chi connectivity index (χ2n) is 5.57. The maximum absolute atomic E-state index is 12.0. The van der Waals surface area contributed by atoms with Gasteiger partial charge in [-0.25, -0.2) is 5.43 Å². The molecule has 1 amide bonds. The molecule has 9 heteroatoms. The molecule has 0 unspecified atom stereocenters. The number of nitrogens with one attached hydrogen (secondary N) is 1. The van der Waals surface area contributed by atoms with Gasteiger partial charge in [-0.1, -0.05) is 41.6 Å². The predicted octanol–water partition coefficient (Wildman–Crippen LogP) is 5.15. The molecule has 1 aromatic heterocycles. The lowest BCUT2D eigenvalue weighted by Crippen LogP contribution is -2.20. The van der Waals surface area contributed by atoms with E-state index in [4.69, 9.17) is 11.6 Å². The summed E-state index contributed by atoms with van der Waals surface area (Å²) in [5.41, 5.74) is 2.67. The van der Waals surface area contributed by atoms with E-state index in [1.807, 2.05) is 36.4 Å². The van der Waals surface area contributed by atoms with Gasteiger partial charge in [-0.15, -0.1) is 11.3 Å². The highest BCUT2D eigenvalue weighted by Gasteiger charge is 2.15. The summed E-state index contributed by atoms with van der Waals surface area (Å²) in [5.74, 6) is -0.419. The van der Waals surface area contributed by atoms with Crippen LogP contribution in [0.4, 0.5) is 5.69 Å². The van der Waals surface area contributed by atoms with Crippen molar-refractivity contribution in [2.24, 2.45) is 5.10 Å². The molecule has 0 fully saturated rings. The van der Waals surface area contributed by atoms with Gasteiger partial charge < -0.3 is 0 Å². The zero-order valence-electron chi connectivity index (χ0n) is 14.4. The molecule has 1 N–H and O–H groups in total. The lowest BCUT2D eigenvalue weighted by molar-refractivity contribution is -0.385. The predicted molar refractivity (Wildman–Crippen MR) is 112 cm³/mol. The maximum atomic E-state index is 12.0. The first kappa shape index (κ1) is 20.1. The van der Waals surface area contributed by atoms with Crippen LogP contribution < -0.4 is 5.43 Å². The quantitative estimate of drug-likeness (QED) is 0.318. The smallest absolute Gasteiger partial charge is 0.273 e. The van der Waals surface area contributed by atoms with E-state index in [0.717, 1.165) is 14.0 Å². The van der Waals surface area contributed by atoms with Crippen molar-refractivity contribution in [3.8, 4) is 0 Å². The van der Waals surface area contributed by atoms with E-state index >= 15 is 0 Å². The Morgan fingerprint density at radius 3 is 2.68 bits per heavy atom. The Labute approximate surface area is 174 Å². The van der Waals surface area contributed by atoms with E-state index in [1.165, 1.54) is 17.4 Å². The van der Waals surface area contributed by atoms with Crippen molar-refractivity contribution >= 4 is 52.5 Å². The van der Waals surface area contributed by atoms with Gasteiger partial charge in [0.05, 0.1) is 21.8 Å². The Bertz CT molecular complexity index is 1020. The highest BCUT2D eigenvalue weighted by atomic mass is 35.5. The van der Waals surface area contributed by atoms with Crippen molar-refractivity contribution in [1.29, 1.82) is 0 Å². The van der Waals surface area contributed by atoms with Gasteiger partial charge >= 0.3 is 0 Å². The molecule has 0 aliphatic rings. The van der Waals surface area contributed by atoms with Gasteiger partial charge in [0.2, 0.25) is 5.91 Å². The fourth-order valence-corrected chi connectivity index (χ4v) is 4.42. The lowest BCUT2D eigenvalue weighted by Gasteiger charge is -2.01.